The summed E-state index contributed by atoms with van der Waals surface area (Å²) in [4.78, 5) is 8.91. The first-order chi connectivity index (χ1) is 14.8. The van der Waals surface area contributed by atoms with Crippen LogP contribution in [0.25, 0.3) is 27.8 Å². The third-order valence-corrected chi connectivity index (χ3v) is 6.59. The van der Waals surface area contributed by atoms with Gasteiger partial charge in [-0.2, -0.15) is 9.78 Å². The second kappa shape index (κ2) is 6.92. The molecule has 5 rings (SSSR count). The molecule has 0 radical (unpaired) electrons. The predicted molar refractivity (Wildman–Crippen MR) is 120 cm³/mol. The van der Waals surface area contributed by atoms with Crippen molar-refractivity contribution in [3.05, 3.63) is 72.2 Å². The molecule has 0 amide bonds. The first-order valence-corrected chi connectivity index (χ1v) is 11.2. The van der Waals surface area contributed by atoms with Crippen molar-refractivity contribution >= 4 is 37.6 Å². The number of nitrogens with zero attached hydrogens (tertiary/aromatic N) is 5. The van der Waals surface area contributed by atoms with Gasteiger partial charge in [-0.25, -0.2) is 18.4 Å². The lowest BCUT2D eigenvalue weighted by molar-refractivity contribution is 0.600. The van der Waals surface area contributed by atoms with Crippen molar-refractivity contribution in [1.29, 1.82) is 0 Å². The fourth-order valence-corrected chi connectivity index (χ4v) is 4.92. The molecule has 1 N–H and O–H groups in total. The van der Waals surface area contributed by atoms with Crippen LogP contribution >= 0.6 is 0 Å². The summed E-state index contributed by atoms with van der Waals surface area (Å²) in [6, 6.07) is 16.5. The minimum atomic E-state index is -3.86. The Bertz CT molecular complexity index is 1550. The van der Waals surface area contributed by atoms with Crippen molar-refractivity contribution in [2.45, 2.75) is 18.7 Å². The van der Waals surface area contributed by atoms with Gasteiger partial charge in [0.15, 0.2) is 0 Å². The second-order valence-electron chi connectivity index (χ2n) is 7.44. The average molecular weight is 433 g/mol. The monoisotopic (exact) mass is 432 g/mol. The molecule has 8 nitrogen and oxygen atoms in total. The van der Waals surface area contributed by atoms with Crippen LogP contribution < -0.4 is 4.72 Å². The van der Waals surface area contributed by atoms with Gasteiger partial charge >= 0.3 is 0 Å². The number of aromatic nitrogens is 5. The lowest BCUT2D eigenvalue weighted by Crippen LogP contribution is -2.17. The van der Waals surface area contributed by atoms with E-state index in [2.05, 4.69) is 24.4 Å². The van der Waals surface area contributed by atoms with E-state index >= 15 is 0 Å². The summed E-state index contributed by atoms with van der Waals surface area (Å²) in [6.45, 7) is 3.70. The van der Waals surface area contributed by atoms with Crippen molar-refractivity contribution in [2.24, 2.45) is 7.05 Å². The van der Waals surface area contributed by atoms with E-state index in [1.54, 1.807) is 18.2 Å². The van der Waals surface area contributed by atoms with Gasteiger partial charge in [0.2, 0.25) is 0 Å². The SMILES string of the molecule is Cc1cc(C)nc(-n2nccc2NS(=O)(=O)c2ccc3c(c2)c2ccccc2n3C)n1. The second-order valence-corrected chi connectivity index (χ2v) is 9.12. The highest BCUT2D eigenvalue weighted by Crippen LogP contribution is 2.30. The van der Waals surface area contributed by atoms with Crippen molar-refractivity contribution < 1.29 is 8.42 Å². The van der Waals surface area contributed by atoms with Crippen LogP contribution in [0.2, 0.25) is 0 Å². The molecule has 3 heterocycles. The Morgan fingerprint density at radius 2 is 1.58 bits per heavy atom. The number of rotatable bonds is 4. The number of benzene rings is 2. The average Bonchev–Trinajstić information content (AvgIpc) is 3.30. The maximum atomic E-state index is 13.2. The fraction of sp³-hybridized carbons (Fsp3) is 0.136. The van der Waals surface area contributed by atoms with E-state index in [4.69, 9.17) is 0 Å². The molecule has 5 aromatic rings. The maximum absolute atomic E-state index is 13.2. The molecule has 31 heavy (non-hydrogen) atoms. The van der Waals surface area contributed by atoms with E-state index < -0.39 is 10.0 Å². The highest BCUT2D eigenvalue weighted by atomic mass is 32.2. The molecule has 0 bridgehead atoms. The summed E-state index contributed by atoms with van der Waals surface area (Å²) in [5.74, 6) is 0.577. The Kier molecular flexibility index (Phi) is 4.30. The molecule has 0 atom stereocenters. The molecule has 0 aliphatic heterocycles. The largest absolute Gasteiger partial charge is 0.344 e. The molecule has 2 aromatic carbocycles. The van der Waals surface area contributed by atoms with Gasteiger partial charge in [-0.05, 0) is 44.2 Å². The molecule has 0 saturated heterocycles. The van der Waals surface area contributed by atoms with Gasteiger partial charge in [-0.3, -0.25) is 4.72 Å². The summed E-state index contributed by atoms with van der Waals surface area (Å²) in [7, 11) is -1.89. The highest BCUT2D eigenvalue weighted by Gasteiger charge is 2.20. The van der Waals surface area contributed by atoms with Crippen molar-refractivity contribution in [3.63, 3.8) is 0 Å². The number of para-hydroxylation sites is 1. The van der Waals surface area contributed by atoms with Crippen LogP contribution in [0.1, 0.15) is 11.4 Å². The zero-order chi connectivity index (χ0) is 21.8. The molecule has 0 aliphatic carbocycles. The van der Waals surface area contributed by atoms with Crippen LogP contribution in [0.5, 0.6) is 0 Å². The summed E-state index contributed by atoms with van der Waals surface area (Å²) in [5, 5.41) is 6.09. The fourth-order valence-electron chi connectivity index (χ4n) is 3.85. The number of hydrogen-bond donors (Lipinski definition) is 1. The van der Waals surface area contributed by atoms with Gasteiger partial charge in [0.05, 0.1) is 11.1 Å². The topological polar surface area (TPSA) is 94.7 Å². The van der Waals surface area contributed by atoms with Gasteiger partial charge in [-0.15, -0.1) is 0 Å². The van der Waals surface area contributed by atoms with Crippen LogP contribution in [0, 0.1) is 13.8 Å². The Balaban J connectivity index is 1.58. The third kappa shape index (κ3) is 3.23. The normalized spacial score (nSPS) is 12.0. The molecule has 0 spiro atoms. The van der Waals surface area contributed by atoms with Gasteiger partial charge in [-0.1, -0.05) is 18.2 Å². The van der Waals surface area contributed by atoms with Crippen LogP contribution in [0.15, 0.2) is 65.7 Å². The van der Waals surface area contributed by atoms with Crippen molar-refractivity contribution in [3.8, 4) is 5.95 Å². The lowest BCUT2D eigenvalue weighted by atomic mass is 10.1. The molecule has 0 fully saturated rings. The molecular formula is C22H20N6O2S. The number of fused-ring (bicyclic) bond motifs is 3. The van der Waals surface area contributed by atoms with Crippen LogP contribution in [0.3, 0.4) is 0 Å². The molecule has 0 aliphatic rings. The Morgan fingerprint density at radius 3 is 2.35 bits per heavy atom. The number of nitrogens with one attached hydrogen (secondary N) is 1. The van der Waals surface area contributed by atoms with Crippen LogP contribution in [-0.4, -0.2) is 32.7 Å². The molecule has 0 saturated carbocycles. The molecule has 0 unspecified atom stereocenters. The summed E-state index contributed by atoms with van der Waals surface area (Å²) < 4.78 is 32.5. The predicted octanol–water partition coefficient (Wildman–Crippen LogP) is 3.72. The van der Waals surface area contributed by atoms with Gasteiger partial charge in [0.1, 0.15) is 5.82 Å². The van der Waals surface area contributed by atoms with E-state index in [1.165, 1.54) is 10.9 Å². The minimum Gasteiger partial charge on any atom is -0.344 e. The number of aryl methyl sites for hydroxylation is 3. The van der Waals surface area contributed by atoms with E-state index in [-0.39, 0.29) is 10.7 Å². The van der Waals surface area contributed by atoms with Crippen LogP contribution in [0.4, 0.5) is 5.82 Å². The first kappa shape index (κ1) is 19.3. The van der Waals surface area contributed by atoms with Gasteiger partial charge in [0, 0.05) is 46.3 Å². The Hall–Kier alpha value is -3.72. The standard InChI is InChI=1S/C22H20N6O2S/c1-14-12-15(2)25-22(24-14)28-21(10-11-23-28)26-31(29,30)16-8-9-20-18(13-16)17-6-4-5-7-19(17)27(20)3/h4-13,26H,1-3H3. The van der Waals surface area contributed by atoms with E-state index in [1.807, 2.05) is 57.3 Å². The lowest BCUT2D eigenvalue weighted by Gasteiger charge is -2.11. The Morgan fingerprint density at radius 1 is 0.871 bits per heavy atom. The zero-order valence-electron chi connectivity index (χ0n) is 17.2. The molecular weight excluding hydrogens is 412 g/mol. The van der Waals surface area contributed by atoms with Gasteiger partial charge in [0.25, 0.3) is 16.0 Å². The summed E-state index contributed by atoms with van der Waals surface area (Å²) in [5.41, 5.74) is 3.56. The van der Waals surface area contributed by atoms with Gasteiger partial charge < -0.3 is 4.57 Å². The van der Waals surface area contributed by atoms with E-state index in [9.17, 15) is 8.42 Å². The third-order valence-electron chi connectivity index (χ3n) is 5.24. The first-order valence-electron chi connectivity index (χ1n) is 9.70. The zero-order valence-corrected chi connectivity index (χ0v) is 18.1. The minimum absolute atomic E-state index is 0.172. The highest BCUT2D eigenvalue weighted by molar-refractivity contribution is 7.92. The van der Waals surface area contributed by atoms with E-state index in [0.717, 1.165) is 33.2 Å². The van der Waals surface area contributed by atoms with Crippen molar-refractivity contribution in [2.75, 3.05) is 4.72 Å². The smallest absolute Gasteiger partial charge is 0.263 e. The maximum Gasteiger partial charge on any atom is 0.263 e. The van der Waals surface area contributed by atoms with Crippen LogP contribution in [-0.2, 0) is 17.1 Å². The quantitative estimate of drug-likeness (QED) is 0.467. The van der Waals surface area contributed by atoms with E-state index in [0.29, 0.717) is 5.95 Å². The number of hydrogen-bond acceptors (Lipinski definition) is 5. The summed E-state index contributed by atoms with van der Waals surface area (Å²) >= 11 is 0. The molecule has 9 heteroatoms. The Labute approximate surface area is 179 Å². The molecule has 3 aromatic heterocycles. The number of anilines is 1. The summed E-state index contributed by atoms with van der Waals surface area (Å²) in [6.07, 6.45) is 1.51. The number of sulfonamides is 1. The van der Waals surface area contributed by atoms with Crippen molar-refractivity contribution in [1.82, 2.24) is 24.3 Å². The molecule has 156 valence electrons.